The molecule has 0 bridgehead atoms. The Balaban J connectivity index is 5.36. The molecule has 0 saturated carbocycles. The maximum Gasteiger partial charge on any atom is 0.169 e. The minimum atomic E-state index is -1.23. The van der Waals surface area contributed by atoms with Gasteiger partial charge in [0.1, 0.15) is 5.60 Å². The van der Waals surface area contributed by atoms with Crippen molar-refractivity contribution in [1.29, 1.82) is 0 Å². The van der Waals surface area contributed by atoms with Crippen LogP contribution in [0.2, 0.25) is 0 Å². The van der Waals surface area contributed by atoms with Crippen molar-refractivity contribution >= 4 is 5.78 Å². The van der Waals surface area contributed by atoms with Gasteiger partial charge in [0.2, 0.25) is 0 Å². The molecule has 1 N–H and O–H groups in total. The van der Waals surface area contributed by atoms with Gasteiger partial charge in [0.05, 0.1) is 0 Å². The summed E-state index contributed by atoms with van der Waals surface area (Å²) in [5.41, 5.74) is -1.87. The Morgan fingerprint density at radius 1 is 0.778 bits per heavy atom. The van der Waals surface area contributed by atoms with Crippen LogP contribution < -0.4 is 0 Å². The first-order valence-electron chi connectivity index (χ1n) is 6.84. The molecule has 0 atom stereocenters. The average molecular weight is 256 g/mol. The lowest BCUT2D eigenvalue weighted by Gasteiger charge is -2.40. The highest BCUT2D eigenvalue weighted by molar-refractivity contribution is 5.91. The molecule has 0 radical (unpaired) electrons. The van der Waals surface area contributed by atoms with Crippen LogP contribution in [0.5, 0.6) is 0 Å². The van der Waals surface area contributed by atoms with Crippen LogP contribution in [0.15, 0.2) is 0 Å². The summed E-state index contributed by atoms with van der Waals surface area (Å²) in [6.45, 7) is 18.0. The van der Waals surface area contributed by atoms with Crippen molar-refractivity contribution in [3.8, 4) is 0 Å². The number of hydrogen-bond donors (Lipinski definition) is 1. The van der Waals surface area contributed by atoms with Crippen molar-refractivity contribution in [2.75, 3.05) is 0 Å². The molecule has 0 saturated heterocycles. The van der Waals surface area contributed by atoms with Crippen LogP contribution in [0.4, 0.5) is 0 Å². The number of carbonyl (C=O) groups excluding carboxylic acids is 1. The van der Waals surface area contributed by atoms with Crippen molar-refractivity contribution in [2.45, 2.75) is 80.8 Å². The fraction of sp³-hybridized carbons (Fsp3) is 0.938. The van der Waals surface area contributed by atoms with Gasteiger partial charge in [-0.1, -0.05) is 62.3 Å². The summed E-state index contributed by atoms with van der Waals surface area (Å²) in [6.07, 6.45) is 1.01. The van der Waals surface area contributed by atoms with Crippen molar-refractivity contribution < 1.29 is 9.90 Å². The van der Waals surface area contributed by atoms with Gasteiger partial charge in [0, 0.05) is 5.41 Å². The maximum atomic E-state index is 12.6. The molecule has 0 fully saturated rings. The van der Waals surface area contributed by atoms with Crippen molar-refractivity contribution in [2.24, 2.45) is 16.2 Å². The molecule has 0 heterocycles. The fourth-order valence-electron chi connectivity index (χ4n) is 2.68. The average Bonchev–Trinajstić information content (AvgIpc) is 1.92. The fourth-order valence-corrected chi connectivity index (χ4v) is 2.68. The predicted molar refractivity (Wildman–Crippen MR) is 77.6 cm³/mol. The molecule has 0 spiro atoms. The summed E-state index contributed by atoms with van der Waals surface area (Å²) in [5, 5.41) is 10.9. The molecule has 0 unspecified atom stereocenters. The molecule has 0 aromatic heterocycles. The summed E-state index contributed by atoms with van der Waals surface area (Å²) < 4.78 is 0. The van der Waals surface area contributed by atoms with Gasteiger partial charge in [-0.15, -0.1) is 0 Å². The first kappa shape index (κ1) is 17.6. The largest absolute Gasteiger partial charge is 0.382 e. The number of carbonyl (C=O) groups is 1. The highest BCUT2D eigenvalue weighted by Gasteiger charge is 2.46. The molecule has 0 aromatic carbocycles. The summed E-state index contributed by atoms with van der Waals surface area (Å²) in [6, 6.07) is 0. The Bertz CT molecular complexity index is 279. The second-order valence-corrected chi connectivity index (χ2v) is 9.09. The summed E-state index contributed by atoms with van der Waals surface area (Å²) >= 11 is 0. The van der Waals surface area contributed by atoms with Gasteiger partial charge < -0.3 is 5.11 Å². The van der Waals surface area contributed by atoms with Gasteiger partial charge in [0.15, 0.2) is 5.78 Å². The number of aliphatic hydroxyl groups is 1. The van der Waals surface area contributed by atoms with E-state index < -0.39 is 11.0 Å². The van der Waals surface area contributed by atoms with E-state index in [4.69, 9.17) is 0 Å². The van der Waals surface area contributed by atoms with Crippen LogP contribution >= 0.6 is 0 Å². The van der Waals surface area contributed by atoms with E-state index >= 15 is 0 Å². The highest BCUT2D eigenvalue weighted by Crippen LogP contribution is 2.40. The Morgan fingerprint density at radius 2 is 1.06 bits per heavy atom. The van der Waals surface area contributed by atoms with Gasteiger partial charge in [0.25, 0.3) is 0 Å². The minimum absolute atomic E-state index is 0.0418. The number of Topliss-reactive ketones (excluding diaryl/α,β-unsaturated/α-hetero) is 1. The predicted octanol–water partition coefficient (Wildman–Crippen LogP) is 4.21. The van der Waals surface area contributed by atoms with E-state index in [1.165, 1.54) is 0 Å². The van der Waals surface area contributed by atoms with E-state index in [1.54, 1.807) is 0 Å². The quantitative estimate of drug-likeness (QED) is 0.821. The smallest absolute Gasteiger partial charge is 0.169 e. The van der Waals surface area contributed by atoms with E-state index in [-0.39, 0.29) is 16.6 Å². The van der Waals surface area contributed by atoms with Gasteiger partial charge in [-0.2, -0.15) is 0 Å². The summed E-state index contributed by atoms with van der Waals surface area (Å²) in [4.78, 5) is 12.6. The van der Waals surface area contributed by atoms with Crippen LogP contribution in [-0.4, -0.2) is 16.5 Å². The summed E-state index contributed by atoms with van der Waals surface area (Å²) in [7, 11) is 0. The van der Waals surface area contributed by atoms with E-state index in [0.29, 0.717) is 12.8 Å². The molecule has 0 aromatic rings. The Labute approximate surface area is 113 Å². The van der Waals surface area contributed by atoms with Crippen molar-refractivity contribution in [3.05, 3.63) is 0 Å². The lowest BCUT2D eigenvalue weighted by molar-refractivity contribution is -0.152. The lowest BCUT2D eigenvalue weighted by atomic mass is 9.67. The third kappa shape index (κ3) is 5.99. The van der Waals surface area contributed by atoms with Gasteiger partial charge >= 0.3 is 0 Å². The first-order chi connectivity index (χ1) is 7.57. The van der Waals surface area contributed by atoms with Crippen LogP contribution in [0.25, 0.3) is 0 Å². The van der Waals surface area contributed by atoms with Gasteiger partial charge in [-0.3, -0.25) is 4.79 Å². The molecular formula is C16H32O2. The first-order valence-corrected chi connectivity index (χ1v) is 6.84. The lowest BCUT2D eigenvalue weighted by Crippen LogP contribution is -2.49. The second kappa shape index (κ2) is 4.96. The summed E-state index contributed by atoms with van der Waals surface area (Å²) in [5.74, 6) is -0.0418. The normalized spacial score (nSPS) is 14.8. The maximum absolute atomic E-state index is 12.6. The van der Waals surface area contributed by atoms with Gasteiger partial charge in [-0.25, -0.2) is 0 Å². The van der Waals surface area contributed by atoms with Crippen LogP contribution in [0, 0.1) is 16.2 Å². The molecular weight excluding hydrogens is 224 g/mol. The van der Waals surface area contributed by atoms with E-state index in [2.05, 4.69) is 41.5 Å². The molecule has 0 aliphatic heterocycles. The van der Waals surface area contributed by atoms with Gasteiger partial charge in [-0.05, 0) is 23.7 Å². The third-order valence-corrected chi connectivity index (χ3v) is 2.75. The molecule has 2 nitrogen and oxygen atoms in total. The van der Waals surface area contributed by atoms with E-state index in [0.717, 1.165) is 0 Å². The zero-order valence-corrected chi connectivity index (χ0v) is 13.8. The minimum Gasteiger partial charge on any atom is -0.382 e. The molecule has 2 heteroatoms. The number of ketones is 1. The highest BCUT2D eigenvalue weighted by atomic mass is 16.3. The SMILES string of the molecule is CC(C)(C)CC(O)(CC(C)(C)C)C(=O)C(C)(C)C. The molecule has 108 valence electrons. The number of hydrogen-bond acceptors (Lipinski definition) is 2. The topological polar surface area (TPSA) is 37.3 Å². The van der Waals surface area contributed by atoms with Crippen LogP contribution in [-0.2, 0) is 4.79 Å². The van der Waals surface area contributed by atoms with E-state index in [1.807, 2.05) is 20.8 Å². The third-order valence-electron chi connectivity index (χ3n) is 2.75. The zero-order valence-electron chi connectivity index (χ0n) is 13.8. The van der Waals surface area contributed by atoms with Crippen molar-refractivity contribution in [3.63, 3.8) is 0 Å². The standard InChI is InChI=1S/C16H32O2/c1-13(2,3)10-16(18,11-14(4,5)6)12(17)15(7,8)9/h18H,10-11H2,1-9H3. The van der Waals surface area contributed by atoms with Crippen LogP contribution in [0.3, 0.4) is 0 Å². The molecule has 0 aliphatic rings. The Kier molecular flexibility index (Phi) is 4.85. The van der Waals surface area contributed by atoms with Crippen LogP contribution in [0.1, 0.15) is 75.2 Å². The second-order valence-electron chi connectivity index (χ2n) is 9.09. The monoisotopic (exact) mass is 256 g/mol. The molecule has 0 aliphatic carbocycles. The number of rotatable bonds is 3. The Hall–Kier alpha value is -0.370. The molecule has 0 amide bonds. The molecule has 18 heavy (non-hydrogen) atoms. The Morgan fingerprint density at radius 3 is 1.22 bits per heavy atom. The zero-order chi connectivity index (χ0) is 15.0. The van der Waals surface area contributed by atoms with E-state index in [9.17, 15) is 9.90 Å². The van der Waals surface area contributed by atoms with Crippen molar-refractivity contribution in [1.82, 2.24) is 0 Å². The molecule has 0 rings (SSSR count).